The zero-order chi connectivity index (χ0) is 10.9. The van der Waals surface area contributed by atoms with Gasteiger partial charge in [0.15, 0.2) is 0 Å². The second-order valence-corrected chi connectivity index (χ2v) is 4.23. The van der Waals surface area contributed by atoms with E-state index in [9.17, 15) is 4.79 Å². The molecule has 0 unspecified atom stereocenters. The van der Waals surface area contributed by atoms with Gasteiger partial charge in [0.25, 0.3) is 0 Å². The van der Waals surface area contributed by atoms with E-state index < -0.39 is 5.97 Å². The summed E-state index contributed by atoms with van der Waals surface area (Å²) in [5, 5.41) is 8.94. The molecule has 1 aromatic rings. The molecule has 0 saturated carbocycles. The van der Waals surface area contributed by atoms with Gasteiger partial charge in [-0.15, -0.1) is 0 Å². The van der Waals surface area contributed by atoms with Crippen LogP contribution in [-0.2, 0) is 5.41 Å². The Morgan fingerprint density at radius 2 is 2.00 bits per heavy atom. The maximum Gasteiger partial charge on any atom is 0.339 e. The first-order valence-corrected chi connectivity index (χ1v) is 4.40. The van der Waals surface area contributed by atoms with Crippen molar-refractivity contribution in [2.75, 3.05) is 0 Å². The molecule has 1 aromatic heterocycles. The lowest BCUT2D eigenvalue weighted by molar-refractivity contribution is 0.0693. The minimum absolute atomic E-state index is 0.183. The van der Waals surface area contributed by atoms with Gasteiger partial charge in [-0.05, 0) is 6.92 Å². The molecule has 0 aliphatic carbocycles. The molecule has 4 nitrogen and oxygen atoms in total. The van der Waals surface area contributed by atoms with Crippen molar-refractivity contribution >= 4 is 5.97 Å². The summed E-state index contributed by atoms with van der Waals surface area (Å²) in [7, 11) is 0. The summed E-state index contributed by atoms with van der Waals surface area (Å²) in [4.78, 5) is 19.0. The SMILES string of the molecule is Cc1ncc(C(=O)O)c(C(C)(C)C)n1. The predicted molar refractivity (Wildman–Crippen MR) is 52.4 cm³/mol. The number of carboxylic acids is 1. The number of aromatic carboxylic acids is 1. The van der Waals surface area contributed by atoms with Gasteiger partial charge in [0.1, 0.15) is 5.82 Å². The molecule has 0 aliphatic rings. The van der Waals surface area contributed by atoms with Crippen LogP contribution in [0.15, 0.2) is 6.20 Å². The summed E-state index contributed by atoms with van der Waals surface area (Å²) < 4.78 is 0. The van der Waals surface area contributed by atoms with Crippen LogP contribution in [-0.4, -0.2) is 21.0 Å². The Morgan fingerprint density at radius 3 is 2.43 bits per heavy atom. The smallest absolute Gasteiger partial charge is 0.339 e. The average Bonchev–Trinajstić information content (AvgIpc) is 2.01. The van der Waals surface area contributed by atoms with Crippen LogP contribution >= 0.6 is 0 Å². The Morgan fingerprint density at radius 1 is 1.43 bits per heavy atom. The van der Waals surface area contributed by atoms with Crippen LogP contribution in [0, 0.1) is 6.92 Å². The van der Waals surface area contributed by atoms with E-state index in [2.05, 4.69) is 9.97 Å². The van der Waals surface area contributed by atoms with Gasteiger partial charge in [-0.25, -0.2) is 14.8 Å². The minimum Gasteiger partial charge on any atom is -0.478 e. The summed E-state index contributed by atoms with van der Waals surface area (Å²) >= 11 is 0. The molecule has 0 aromatic carbocycles. The molecule has 76 valence electrons. The van der Waals surface area contributed by atoms with E-state index in [1.165, 1.54) is 6.20 Å². The topological polar surface area (TPSA) is 63.1 Å². The predicted octanol–water partition coefficient (Wildman–Crippen LogP) is 1.78. The first-order valence-electron chi connectivity index (χ1n) is 4.40. The first kappa shape index (κ1) is 10.6. The largest absolute Gasteiger partial charge is 0.478 e. The Kier molecular flexibility index (Phi) is 2.55. The van der Waals surface area contributed by atoms with Gasteiger partial charge in [-0.2, -0.15) is 0 Å². The lowest BCUT2D eigenvalue weighted by Gasteiger charge is -2.19. The van der Waals surface area contributed by atoms with Gasteiger partial charge in [0.2, 0.25) is 0 Å². The molecule has 1 rings (SSSR count). The van der Waals surface area contributed by atoms with Crippen molar-refractivity contribution in [3.05, 3.63) is 23.3 Å². The third-order valence-electron chi connectivity index (χ3n) is 1.85. The van der Waals surface area contributed by atoms with Crippen LogP contribution in [0.5, 0.6) is 0 Å². The van der Waals surface area contributed by atoms with Crippen LogP contribution in [0.2, 0.25) is 0 Å². The Bertz CT molecular complexity index is 367. The van der Waals surface area contributed by atoms with E-state index in [4.69, 9.17) is 5.11 Å². The zero-order valence-corrected chi connectivity index (χ0v) is 8.83. The number of nitrogens with zero attached hydrogens (tertiary/aromatic N) is 2. The summed E-state index contributed by atoms with van der Waals surface area (Å²) in [6.45, 7) is 7.55. The molecule has 14 heavy (non-hydrogen) atoms. The first-order chi connectivity index (χ1) is 6.32. The van der Waals surface area contributed by atoms with Crippen LogP contribution in [0.1, 0.15) is 42.6 Å². The van der Waals surface area contributed by atoms with Crippen LogP contribution in [0.25, 0.3) is 0 Å². The van der Waals surface area contributed by atoms with Crippen LogP contribution in [0.3, 0.4) is 0 Å². The third-order valence-corrected chi connectivity index (χ3v) is 1.85. The molecule has 1 heterocycles. The highest BCUT2D eigenvalue weighted by molar-refractivity contribution is 5.88. The van der Waals surface area contributed by atoms with E-state index in [0.717, 1.165) is 0 Å². The van der Waals surface area contributed by atoms with Crippen molar-refractivity contribution in [1.82, 2.24) is 9.97 Å². The maximum absolute atomic E-state index is 10.9. The fourth-order valence-corrected chi connectivity index (χ4v) is 1.20. The quantitative estimate of drug-likeness (QED) is 0.740. The number of hydrogen-bond donors (Lipinski definition) is 1. The molecule has 0 fully saturated rings. The molecule has 0 radical (unpaired) electrons. The number of carboxylic acid groups (broad SMARTS) is 1. The molecule has 0 saturated heterocycles. The van der Waals surface area contributed by atoms with Crippen molar-refractivity contribution in [2.24, 2.45) is 0 Å². The van der Waals surface area contributed by atoms with Gasteiger partial charge in [0, 0.05) is 11.6 Å². The number of aromatic nitrogens is 2. The fraction of sp³-hybridized carbons (Fsp3) is 0.500. The standard InChI is InChI=1S/C10H14N2O2/c1-6-11-5-7(9(13)14)8(12-6)10(2,3)4/h5H,1-4H3,(H,13,14). The Balaban J connectivity index is 3.38. The van der Waals surface area contributed by atoms with Crippen molar-refractivity contribution < 1.29 is 9.90 Å². The molecule has 0 aliphatic heterocycles. The Hall–Kier alpha value is -1.45. The molecule has 0 bridgehead atoms. The van der Waals surface area contributed by atoms with Crippen molar-refractivity contribution in [3.8, 4) is 0 Å². The van der Waals surface area contributed by atoms with Gasteiger partial charge in [-0.3, -0.25) is 0 Å². The van der Waals surface area contributed by atoms with Crippen LogP contribution < -0.4 is 0 Å². The van der Waals surface area contributed by atoms with Crippen molar-refractivity contribution in [2.45, 2.75) is 33.1 Å². The number of rotatable bonds is 1. The van der Waals surface area contributed by atoms with E-state index in [1.807, 2.05) is 20.8 Å². The second-order valence-electron chi connectivity index (χ2n) is 4.23. The summed E-state index contributed by atoms with van der Waals surface area (Å²) in [6.07, 6.45) is 1.37. The molecular weight excluding hydrogens is 180 g/mol. The highest BCUT2D eigenvalue weighted by Crippen LogP contribution is 2.23. The van der Waals surface area contributed by atoms with Gasteiger partial charge >= 0.3 is 5.97 Å². The zero-order valence-electron chi connectivity index (χ0n) is 8.83. The number of carbonyl (C=O) groups is 1. The normalized spacial score (nSPS) is 11.4. The monoisotopic (exact) mass is 194 g/mol. The summed E-state index contributed by atoms with van der Waals surface area (Å²) in [5.74, 6) is -0.380. The molecule has 0 amide bonds. The molecule has 0 spiro atoms. The highest BCUT2D eigenvalue weighted by Gasteiger charge is 2.23. The maximum atomic E-state index is 10.9. The third kappa shape index (κ3) is 2.07. The lowest BCUT2D eigenvalue weighted by Crippen LogP contribution is -2.20. The van der Waals surface area contributed by atoms with Crippen molar-refractivity contribution in [1.29, 1.82) is 0 Å². The second kappa shape index (κ2) is 3.36. The molecular formula is C10H14N2O2. The fourth-order valence-electron chi connectivity index (χ4n) is 1.20. The highest BCUT2D eigenvalue weighted by atomic mass is 16.4. The van der Waals surface area contributed by atoms with E-state index in [1.54, 1.807) is 6.92 Å². The lowest BCUT2D eigenvalue weighted by atomic mass is 9.89. The van der Waals surface area contributed by atoms with E-state index in [0.29, 0.717) is 11.5 Å². The minimum atomic E-state index is -0.977. The summed E-state index contributed by atoms with van der Waals surface area (Å²) in [5.41, 5.74) is 0.488. The number of aryl methyl sites for hydroxylation is 1. The molecule has 1 N–H and O–H groups in total. The molecule has 4 heteroatoms. The van der Waals surface area contributed by atoms with Crippen LogP contribution in [0.4, 0.5) is 0 Å². The molecule has 0 atom stereocenters. The summed E-state index contributed by atoms with van der Waals surface area (Å²) in [6, 6.07) is 0. The average molecular weight is 194 g/mol. The van der Waals surface area contributed by atoms with Crippen molar-refractivity contribution in [3.63, 3.8) is 0 Å². The van der Waals surface area contributed by atoms with Gasteiger partial charge in [-0.1, -0.05) is 20.8 Å². The van der Waals surface area contributed by atoms with E-state index >= 15 is 0 Å². The van der Waals surface area contributed by atoms with Gasteiger partial charge < -0.3 is 5.11 Å². The van der Waals surface area contributed by atoms with E-state index in [-0.39, 0.29) is 11.0 Å². The van der Waals surface area contributed by atoms with Gasteiger partial charge in [0.05, 0.1) is 11.3 Å². The Labute approximate surface area is 83.0 Å². The number of hydrogen-bond acceptors (Lipinski definition) is 3.